The molecule has 0 aliphatic rings. The van der Waals surface area contributed by atoms with Crippen molar-refractivity contribution in [1.29, 1.82) is 0 Å². The SMILES string of the molecule is COc1ccc(-c2nnc(SCC(=O)N/N=C\c3ccc([N+](=O)[O-])cc3)n2-c2ccc(C)cc2)cc1. The molecular formula is C25H22N6O4S. The number of hydrogen-bond acceptors (Lipinski definition) is 8. The van der Waals surface area contributed by atoms with Crippen molar-refractivity contribution in [2.75, 3.05) is 12.9 Å². The fraction of sp³-hybridized carbons (Fsp3) is 0.120. The molecule has 1 heterocycles. The Hall–Kier alpha value is -4.51. The lowest BCUT2D eigenvalue weighted by molar-refractivity contribution is -0.384. The normalized spacial score (nSPS) is 10.9. The van der Waals surface area contributed by atoms with E-state index in [2.05, 4.69) is 20.7 Å². The molecule has 1 N–H and O–H groups in total. The molecule has 11 heteroatoms. The maximum atomic E-state index is 12.4. The molecule has 3 aromatic carbocycles. The largest absolute Gasteiger partial charge is 0.497 e. The molecule has 0 aliphatic heterocycles. The van der Waals surface area contributed by atoms with E-state index < -0.39 is 4.92 Å². The predicted octanol–water partition coefficient (Wildman–Crippen LogP) is 4.40. The average Bonchev–Trinajstić information content (AvgIpc) is 3.32. The zero-order valence-electron chi connectivity index (χ0n) is 19.5. The number of hydrogen-bond donors (Lipinski definition) is 1. The van der Waals surface area contributed by atoms with Crippen LogP contribution < -0.4 is 10.2 Å². The van der Waals surface area contributed by atoms with Crippen molar-refractivity contribution in [3.63, 3.8) is 0 Å². The second kappa shape index (κ2) is 11.3. The van der Waals surface area contributed by atoms with E-state index in [0.29, 0.717) is 16.5 Å². The van der Waals surface area contributed by atoms with E-state index in [-0.39, 0.29) is 17.3 Å². The molecule has 0 spiro atoms. The standard InChI is InChI=1S/C25H22N6O4S/c1-17-3-9-20(10-4-17)30-24(19-7-13-22(35-2)14-8-19)28-29-25(30)36-16-23(32)27-26-15-18-5-11-21(12-6-18)31(33)34/h3-15H,16H2,1-2H3,(H,27,32)/b26-15-. The number of aryl methyl sites for hydroxylation is 1. The third kappa shape index (κ3) is 5.94. The van der Waals surface area contributed by atoms with Gasteiger partial charge >= 0.3 is 0 Å². The van der Waals surface area contributed by atoms with E-state index in [9.17, 15) is 14.9 Å². The molecule has 1 aromatic heterocycles. The smallest absolute Gasteiger partial charge is 0.269 e. The molecule has 0 aliphatic carbocycles. The van der Waals surface area contributed by atoms with Gasteiger partial charge < -0.3 is 4.74 Å². The van der Waals surface area contributed by atoms with Crippen LogP contribution in [0.15, 0.2) is 83.1 Å². The zero-order chi connectivity index (χ0) is 25.5. The van der Waals surface area contributed by atoms with E-state index in [1.165, 1.54) is 30.1 Å². The molecule has 0 unspecified atom stereocenters. The van der Waals surface area contributed by atoms with Crippen LogP contribution in [0.25, 0.3) is 17.1 Å². The number of nitro groups is 1. The van der Waals surface area contributed by atoms with E-state index in [1.54, 1.807) is 19.2 Å². The Bertz CT molecular complexity index is 1380. The molecule has 0 fully saturated rings. The highest BCUT2D eigenvalue weighted by molar-refractivity contribution is 7.99. The summed E-state index contributed by atoms with van der Waals surface area (Å²) >= 11 is 1.23. The lowest BCUT2D eigenvalue weighted by atomic mass is 10.2. The first-order valence-electron chi connectivity index (χ1n) is 10.8. The van der Waals surface area contributed by atoms with E-state index in [1.807, 2.05) is 60.0 Å². The number of carbonyl (C=O) groups excluding carboxylic acids is 1. The molecule has 1 amide bonds. The number of benzene rings is 3. The highest BCUT2D eigenvalue weighted by Gasteiger charge is 2.17. The monoisotopic (exact) mass is 502 g/mol. The first-order chi connectivity index (χ1) is 17.4. The van der Waals surface area contributed by atoms with Gasteiger partial charge in [-0.05, 0) is 61.0 Å². The number of methoxy groups -OCH3 is 1. The van der Waals surface area contributed by atoms with Gasteiger partial charge in [-0.3, -0.25) is 19.5 Å². The van der Waals surface area contributed by atoms with Gasteiger partial charge in [0.25, 0.3) is 11.6 Å². The molecule has 0 bridgehead atoms. The van der Waals surface area contributed by atoms with Gasteiger partial charge in [0.05, 0.1) is 24.0 Å². The third-order valence-electron chi connectivity index (χ3n) is 5.11. The Labute approximate surface area is 211 Å². The van der Waals surface area contributed by atoms with Crippen LogP contribution in [0.5, 0.6) is 5.75 Å². The molecule has 10 nitrogen and oxygen atoms in total. The van der Waals surface area contributed by atoms with Gasteiger partial charge in [-0.2, -0.15) is 5.10 Å². The van der Waals surface area contributed by atoms with E-state index >= 15 is 0 Å². The highest BCUT2D eigenvalue weighted by atomic mass is 32.2. The maximum Gasteiger partial charge on any atom is 0.269 e. The molecular weight excluding hydrogens is 480 g/mol. The molecule has 4 rings (SSSR count). The average molecular weight is 503 g/mol. The zero-order valence-corrected chi connectivity index (χ0v) is 20.3. The van der Waals surface area contributed by atoms with Gasteiger partial charge in [-0.25, -0.2) is 5.43 Å². The molecule has 0 atom stereocenters. The van der Waals surface area contributed by atoms with Gasteiger partial charge in [0.2, 0.25) is 0 Å². The van der Waals surface area contributed by atoms with E-state index in [4.69, 9.17) is 4.74 Å². The van der Waals surface area contributed by atoms with Gasteiger partial charge in [0.1, 0.15) is 5.75 Å². The van der Waals surface area contributed by atoms with Crippen LogP contribution in [0, 0.1) is 17.0 Å². The number of nitrogens with one attached hydrogen (secondary N) is 1. The first-order valence-corrected chi connectivity index (χ1v) is 11.8. The molecule has 36 heavy (non-hydrogen) atoms. The topological polar surface area (TPSA) is 125 Å². The number of hydrazone groups is 1. The van der Waals surface area contributed by atoms with Gasteiger partial charge in [-0.15, -0.1) is 10.2 Å². The summed E-state index contributed by atoms with van der Waals surface area (Å²) in [5, 5.41) is 23.9. The number of carbonyl (C=O) groups is 1. The Morgan fingerprint density at radius 2 is 1.78 bits per heavy atom. The summed E-state index contributed by atoms with van der Waals surface area (Å²) < 4.78 is 7.15. The van der Waals surface area contributed by atoms with Crippen molar-refractivity contribution in [2.45, 2.75) is 12.1 Å². The Kier molecular flexibility index (Phi) is 7.71. The second-order valence-electron chi connectivity index (χ2n) is 7.64. The van der Waals surface area contributed by atoms with Crippen LogP contribution in [0.4, 0.5) is 5.69 Å². The first kappa shape index (κ1) is 24.6. The number of rotatable bonds is 9. The molecule has 182 valence electrons. The molecule has 4 aromatic rings. The number of aromatic nitrogens is 3. The van der Waals surface area contributed by atoms with Crippen molar-refractivity contribution in [3.05, 3.63) is 94.0 Å². The van der Waals surface area contributed by atoms with Crippen LogP contribution >= 0.6 is 11.8 Å². The number of nitro benzene ring substituents is 1. The van der Waals surface area contributed by atoms with Crippen molar-refractivity contribution >= 4 is 29.6 Å². The summed E-state index contributed by atoms with van der Waals surface area (Å²) in [6.07, 6.45) is 1.42. The van der Waals surface area contributed by atoms with Gasteiger partial charge in [-0.1, -0.05) is 29.5 Å². The van der Waals surface area contributed by atoms with Crippen molar-refractivity contribution in [3.8, 4) is 22.8 Å². The summed E-state index contributed by atoms with van der Waals surface area (Å²) in [7, 11) is 1.61. The number of thioether (sulfide) groups is 1. The summed E-state index contributed by atoms with van der Waals surface area (Å²) in [6, 6.07) is 21.3. The molecule has 0 saturated carbocycles. The fourth-order valence-corrected chi connectivity index (χ4v) is 3.98. The lowest BCUT2D eigenvalue weighted by Gasteiger charge is -2.11. The molecule has 0 radical (unpaired) electrons. The summed E-state index contributed by atoms with van der Waals surface area (Å²) in [5.41, 5.74) is 5.92. The van der Waals surface area contributed by atoms with Crippen LogP contribution in [-0.2, 0) is 4.79 Å². The molecule has 0 saturated heterocycles. The second-order valence-corrected chi connectivity index (χ2v) is 8.58. The predicted molar refractivity (Wildman–Crippen MR) is 138 cm³/mol. The lowest BCUT2D eigenvalue weighted by Crippen LogP contribution is -2.20. The highest BCUT2D eigenvalue weighted by Crippen LogP contribution is 2.29. The maximum absolute atomic E-state index is 12.4. The Balaban J connectivity index is 1.48. The van der Waals surface area contributed by atoms with Crippen LogP contribution in [0.3, 0.4) is 0 Å². The number of ether oxygens (including phenoxy) is 1. The van der Waals surface area contributed by atoms with Crippen molar-refractivity contribution in [2.24, 2.45) is 5.10 Å². The Morgan fingerprint density at radius 1 is 1.08 bits per heavy atom. The van der Waals surface area contributed by atoms with E-state index in [0.717, 1.165) is 22.6 Å². The number of non-ortho nitro benzene ring substituents is 1. The van der Waals surface area contributed by atoms with Crippen LogP contribution in [-0.4, -0.2) is 44.7 Å². The quantitative estimate of drug-likeness (QED) is 0.156. The minimum atomic E-state index is -0.477. The summed E-state index contributed by atoms with van der Waals surface area (Å²) in [4.78, 5) is 22.6. The van der Waals surface area contributed by atoms with Crippen molar-refractivity contribution < 1.29 is 14.5 Å². The van der Waals surface area contributed by atoms with Crippen LogP contribution in [0.2, 0.25) is 0 Å². The third-order valence-corrected chi connectivity index (χ3v) is 6.04. The minimum absolute atomic E-state index is 0.0146. The Morgan fingerprint density at radius 3 is 2.42 bits per heavy atom. The number of nitrogens with zero attached hydrogens (tertiary/aromatic N) is 5. The fourth-order valence-electron chi connectivity index (χ4n) is 3.24. The van der Waals surface area contributed by atoms with Gasteiger partial charge in [0, 0.05) is 23.4 Å². The summed E-state index contributed by atoms with van der Waals surface area (Å²) in [6.45, 7) is 2.01. The summed E-state index contributed by atoms with van der Waals surface area (Å²) in [5.74, 6) is 1.11. The minimum Gasteiger partial charge on any atom is -0.497 e. The van der Waals surface area contributed by atoms with Crippen molar-refractivity contribution in [1.82, 2.24) is 20.2 Å². The number of amides is 1. The van der Waals surface area contributed by atoms with Gasteiger partial charge in [0.15, 0.2) is 11.0 Å². The van der Waals surface area contributed by atoms with Crippen LogP contribution in [0.1, 0.15) is 11.1 Å².